The van der Waals surface area contributed by atoms with Gasteiger partial charge in [-0.25, -0.2) is 0 Å². The van der Waals surface area contributed by atoms with Crippen molar-refractivity contribution in [2.45, 2.75) is 25.1 Å². The van der Waals surface area contributed by atoms with Gasteiger partial charge in [-0.1, -0.05) is 0 Å². The molecule has 2 aliphatic rings. The van der Waals surface area contributed by atoms with E-state index in [9.17, 15) is 13.2 Å². The van der Waals surface area contributed by atoms with Gasteiger partial charge in [0.2, 0.25) is 0 Å². The lowest BCUT2D eigenvalue weighted by atomic mass is 10.1. The number of halogens is 3. The summed E-state index contributed by atoms with van der Waals surface area (Å²) < 4.78 is 36.3. The fourth-order valence-corrected chi connectivity index (χ4v) is 2.06. The molecule has 2 rings (SSSR count). The zero-order valence-electron chi connectivity index (χ0n) is 5.99. The van der Waals surface area contributed by atoms with Gasteiger partial charge in [0.15, 0.2) is 0 Å². The number of piperidine rings is 1. The van der Waals surface area contributed by atoms with Gasteiger partial charge >= 0.3 is 6.18 Å². The van der Waals surface area contributed by atoms with Crippen molar-refractivity contribution in [3.63, 3.8) is 0 Å². The minimum absolute atomic E-state index is 0.108. The maximum absolute atomic E-state index is 12.1. The van der Waals surface area contributed by atoms with Gasteiger partial charge < -0.3 is 5.32 Å². The average molecular weight is 165 g/mol. The average Bonchev–Trinajstić information content (AvgIpc) is 2.58. The molecule has 1 aliphatic carbocycles. The summed E-state index contributed by atoms with van der Waals surface area (Å²) in [5.41, 5.74) is 0. The van der Waals surface area contributed by atoms with Crippen LogP contribution in [0.4, 0.5) is 13.2 Å². The van der Waals surface area contributed by atoms with Crippen molar-refractivity contribution in [1.82, 2.24) is 5.32 Å². The van der Waals surface area contributed by atoms with Crippen LogP contribution in [0.15, 0.2) is 0 Å². The van der Waals surface area contributed by atoms with Crippen LogP contribution in [0.5, 0.6) is 0 Å². The molecule has 1 saturated heterocycles. The van der Waals surface area contributed by atoms with Gasteiger partial charge in [0.25, 0.3) is 0 Å². The summed E-state index contributed by atoms with van der Waals surface area (Å²) in [6.45, 7) is 0.758. The highest BCUT2D eigenvalue weighted by Crippen LogP contribution is 2.53. The fraction of sp³-hybridized carbons (Fsp3) is 1.00. The summed E-state index contributed by atoms with van der Waals surface area (Å²) in [5, 5.41) is 2.89. The van der Waals surface area contributed by atoms with E-state index in [1.54, 1.807) is 0 Å². The molecule has 1 nitrogen and oxygen atoms in total. The van der Waals surface area contributed by atoms with E-state index in [1.165, 1.54) is 0 Å². The van der Waals surface area contributed by atoms with Gasteiger partial charge in [0.05, 0.1) is 5.92 Å². The number of hydrogen-bond acceptors (Lipinski definition) is 1. The molecule has 0 spiro atoms. The molecule has 0 bridgehead atoms. The van der Waals surface area contributed by atoms with E-state index >= 15 is 0 Å². The van der Waals surface area contributed by atoms with E-state index in [1.807, 2.05) is 0 Å². The Labute approximate surface area is 63.0 Å². The summed E-state index contributed by atoms with van der Waals surface area (Å²) in [7, 11) is 0. The third kappa shape index (κ3) is 1.13. The van der Waals surface area contributed by atoms with Gasteiger partial charge in [-0.15, -0.1) is 0 Å². The molecule has 1 heterocycles. The monoisotopic (exact) mass is 165 g/mol. The number of nitrogens with one attached hydrogen (secondary N) is 1. The van der Waals surface area contributed by atoms with Gasteiger partial charge in [0, 0.05) is 6.04 Å². The molecule has 0 aromatic rings. The lowest BCUT2D eigenvalue weighted by Gasteiger charge is -2.07. The molecule has 1 N–H and O–H groups in total. The number of fused-ring (bicyclic) bond motifs is 1. The summed E-state index contributed by atoms with van der Waals surface area (Å²) in [6, 6.07) is -0.247. The van der Waals surface area contributed by atoms with Crippen molar-refractivity contribution in [1.29, 1.82) is 0 Å². The van der Waals surface area contributed by atoms with Gasteiger partial charge in [-0.3, -0.25) is 0 Å². The molecule has 0 amide bonds. The van der Waals surface area contributed by atoms with Crippen molar-refractivity contribution >= 4 is 0 Å². The quantitative estimate of drug-likeness (QED) is 0.574. The third-order valence-electron chi connectivity index (χ3n) is 2.64. The summed E-state index contributed by atoms with van der Waals surface area (Å²) >= 11 is 0. The lowest BCUT2D eigenvalue weighted by molar-refractivity contribution is -0.152. The second-order valence-corrected chi connectivity index (χ2v) is 3.35. The van der Waals surface area contributed by atoms with Crippen LogP contribution < -0.4 is 5.32 Å². The highest BCUT2D eigenvalue weighted by molar-refractivity contribution is 5.08. The smallest absolute Gasteiger partial charge is 0.313 e. The van der Waals surface area contributed by atoms with Gasteiger partial charge in [-0.05, 0) is 25.3 Å². The second-order valence-electron chi connectivity index (χ2n) is 3.35. The van der Waals surface area contributed by atoms with E-state index < -0.39 is 12.1 Å². The van der Waals surface area contributed by atoms with Crippen LogP contribution in [0.25, 0.3) is 0 Å². The van der Waals surface area contributed by atoms with Crippen LogP contribution >= 0.6 is 0 Å². The zero-order valence-corrected chi connectivity index (χ0v) is 5.99. The standard InChI is InChI=1S/C7H10F3N/c8-7(9,10)5-4-2-1-3-11-6(4)5/h4-6,11H,1-3H2/t4-,5-,6-/m0/s1. The number of hydrogen-bond donors (Lipinski definition) is 1. The Morgan fingerprint density at radius 1 is 1.27 bits per heavy atom. The van der Waals surface area contributed by atoms with Crippen molar-refractivity contribution in [3.8, 4) is 0 Å². The van der Waals surface area contributed by atoms with E-state index in [4.69, 9.17) is 0 Å². The van der Waals surface area contributed by atoms with Crippen molar-refractivity contribution < 1.29 is 13.2 Å². The molecule has 0 aromatic carbocycles. The molecular formula is C7H10F3N. The molecule has 2 fully saturated rings. The minimum Gasteiger partial charge on any atom is -0.313 e. The summed E-state index contributed by atoms with van der Waals surface area (Å²) in [5.74, 6) is -1.14. The SMILES string of the molecule is FC(F)(F)[C@H]1[C@@H]2CCCN[C@@H]21. The largest absolute Gasteiger partial charge is 0.393 e. The molecule has 64 valence electrons. The Morgan fingerprint density at radius 3 is 2.45 bits per heavy atom. The predicted octanol–water partition coefficient (Wildman–Crippen LogP) is 1.55. The van der Waals surface area contributed by atoms with Crippen LogP contribution in [0.3, 0.4) is 0 Å². The van der Waals surface area contributed by atoms with Crippen LogP contribution in [0, 0.1) is 11.8 Å². The molecule has 3 atom stereocenters. The van der Waals surface area contributed by atoms with E-state index in [-0.39, 0.29) is 12.0 Å². The third-order valence-corrected chi connectivity index (χ3v) is 2.64. The van der Waals surface area contributed by atoms with Crippen molar-refractivity contribution in [2.24, 2.45) is 11.8 Å². The van der Waals surface area contributed by atoms with E-state index in [0.29, 0.717) is 0 Å². The highest BCUT2D eigenvalue weighted by atomic mass is 19.4. The Kier molecular flexibility index (Phi) is 1.43. The van der Waals surface area contributed by atoms with Gasteiger partial charge in [-0.2, -0.15) is 13.2 Å². The molecular weight excluding hydrogens is 155 g/mol. The van der Waals surface area contributed by atoms with Crippen LogP contribution in [0.2, 0.25) is 0 Å². The number of rotatable bonds is 0. The van der Waals surface area contributed by atoms with Crippen molar-refractivity contribution in [2.75, 3.05) is 6.54 Å². The Morgan fingerprint density at radius 2 is 2.00 bits per heavy atom. The van der Waals surface area contributed by atoms with E-state index in [2.05, 4.69) is 5.32 Å². The predicted molar refractivity (Wildman–Crippen MR) is 34.1 cm³/mol. The topological polar surface area (TPSA) is 12.0 Å². The van der Waals surface area contributed by atoms with Crippen LogP contribution in [0.1, 0.15) is 12.8 Å². The normalized spacial score (nSPS) is 43.4. The molecule has 4 heteroatoms. The molecule has 0 radical (unpaired) electrons. The molecule has 1 saturated carbocycles. The lowest BCUT2D eigenvalue weighted by Crippen LogP contribution is -2.26. The van der Waals surface area contributed by atoms with Crippen LogP contribution in [-0.2, 0) is 0 Å². The van der Waals surface area contributed by atoms with E-state index in [0.717, 1.165) is 19.4 Å². The maximum atomic E-state index is 12.1. The molecule has 0 unspecified atom stereocenters. The molecule has 1 aliphatic heterocycles. The second kappa shape index (κ2) is 2.12. The fourth-order valence-electron chi connectivity index (χ4n) is 2.06. The first-order valence-corrected chi connectivity index (χ1v) is 3.91. The maximum Gasteiger partial charge on any atom is 0.393 e. The first kappa shape index (κ1) is 7.40. The van der Waals surface area contributed by atoms with Gasteiger partial charge in [0.1, 0.15) is 0 Å². The summed E-state index contributed by atoms with van der Waals surface area (Å²) in [4.78, 5) is 0. The first-order chi connectivity index (χ1) is 5.11. The Bertz CT molecular complexity index is 154. The molecule has 11 heavy (non-hydrogen) atoms. The number of alkyl halides is 3. The minimum atomic E-state index is -3.97. The highest BCUT2D eigenvalue weighted by Gasteiger charge is 2.64. The summed E-state index contributed by atoms with van der Waals surface area (Å²) in [6.07, 6.45) is -2.32. The first-order valence-electron chi connectivity index (χ1n) is 3.91. The molecule has 0 aromatic heterocycles. The Balaban J connectivity index is 2.00. The zero-order chi connectivity index (χ0) is 8.06. The van der Waals surface area contributed by atoms with Crippen molar-refractivity contribution in [3.05, 3.63) is 0 Å². The Hall–Kier alpha value is -0.250. The van der Waals surface area contributed by atoms with Crippen LogP contribution in [-0.4, -0.2) is 18.8 Å².